The Hall–Kier alpha value is -4.32. The van der Waals surface area contributed by atoms with Crippen molar-refractivity contribution < 1.29 is 9.59 Å². The highest BCUT2D eigenvalue weighted by Gasteiger charge is 2.40. The van der Waals surface area contributed by atoms with Crippen LogP contribution in [0.4, 0.5) is 16.2 Å². The summed E-state index contributed by atoms with van der Waals surface area (Å²) in [5.41, 5.74) is 6.68. The van der Waals surface area contributed by atoms with Gasteiger partial charge in [-0.15, -0.1) is 0 Å². The molecule has 1 aliphatic carbocycles. The molecule has 0 saturated heterocycles. The number of amides is 3. The quantitative estimate of drug-likeness (QED) is 0.361. The number of fused-ring (bicyclic) bond motifs is 3. The van der Waals surface area contributed by atoms with E-state index in [0.717, 1.165) is 52.3 Å². The maximum Gasteiger partial charge on any atom is 0.322 e. The first-order valence-corrected chi connectivity index (χ1v) is 12.8. The van der Waals surface area contributed by atoms with Gasteiger partial charge in [0.05, 0.1) is 17.1 Å². The SMILES string of the molecule is Cc1cccc(C)c1NC(=O)N(CC(=O)N1c2ccccc2-n2cccc2C1c1ccccc1)C1CC1. The van der Waals surface area contributed by atoms with E-state index in [9.17, 15) is 9.59 Å². The van der Waals surface area contributed by atoms with Crippen molar-refractivity contribution in [2.45, 2.75) is 38.8 Å². The molecule has 3 aromatic carbocycles. The summed E-state index contributed by atoms with van der Waals surface area (Å²) in [6, 6.07) is 27.7. The number of nitrogens with zero attached hydrogens (tertiary/aromatic N) is 3. The second-order valence-corrected chi connectivity index (χ2v) is 9.92. The van der Waals surface area contributed by atoms with Gasteiger partial charge < -0.3 is 14.8 Å². The van der Waals surface area contributed by atoms with E-state index in [4.69, 9.17) is 0 Å². The second kappa shape index (κ2) is 9.28. The first-order valence-electron chi connectivity index (χ1n) is 12.8. The molecule has 1 unspecified atom stereocenters. The molecule has 0 bridgehead atoms. The van der Waals surface area contributed by atoms with Crippen molar-refractivity contribution in [3.63, 3.8) is 0 Å². The summed E-state index contributed by atoms with van der Waals surface area (Å²) in [4.78, 5) is 31.3. The lowest BCUT2D eigenvalue weighted by molar-refractivity contribution is -0.119. The van der Waals surface area contributed by atoms with Crippen LogP contribution in [0.1, 0.15) is 41.3 Å². The van der Waals surface area contributed by atoms with Crippen LogP contribution in [0, 0.1) is 13.8 Å². The number of para-hydroxylation sites is 3. The summed E-state index contributed by atoms with van der Waals surface area (Å²) in [5.74, 6) is -0.0997. The zero-order chi connectivity index (χ0) is 25.5. The van der Waals surface area contributed by atoms with Gasteiger partial charge in [0, 0.05) is 17.9 Å². The Balaban J connectivity index is 1.36. The molecule has 1 fully saturated rings. The fraction of sp³-hybridized carbons (Fsp3) is 0.226. The Labute approximate surface area is 217 Å². The number of carbonyl (C=O) groups excluding carboxylic acids is 2. The summed E-state index contributed by atoms with van der Waals surface area (Å²) in [7, 11) is 0. The van der Waals surface area contributed by atoms with Gasteiger partial charge in [-0.1, -0.05) is 60.7 Å². The van der Waals surface area contributed by atoms with Crippen LogP contribution < -0.4 is 10.2 Å². The van der Waals surface area contributed by atoms with Crippen LogP contribution in [-0.4, -0.2) is 34.0 Å². The fourth-order valence-corrected chi connectivity index (χ4v) is 5.38. The largest absolute Gasteiger partial charge is 0.322 e. The third-order valence-electron chi connectivity index (χ3n) is 7.37. The van der Waals surface area contributed by atoms with E-state index in [-0.39, 0.29) is 30.6 Å². The molecule has 0 radical (unpaired) electrons. The van der Waals surface area contributed by atoms with Crippen molar-refractivity contribution in [2.75, 3.05) is 16.8 Å². The van der Waals surface area contributed by atoms with Gasteiger partial charge in [0.25, 0.3) is 0 Å². The van der Waals surface area contributed by atoms with Gasteiger partial charge in [0.2, 0.25) is 5.91 Å². The van der Waals surface area contributed by atoms with E-state index >= 15 is 0 Å². The maximum atomic E-state index is 14.2. The van der Waals surface area contributed by atoms with E-state index in [2.05, 4.69) is 28.1 Å². The van der Waals surface area contributed by atoms with Gasteiger partial charge in [-0.05, 0) is 67.6 Å². The normalized spacial score (nSPS) is 16.1. The lowest BCUT2D eigenvalue weighted by Crippen LogP contribution is -2.48. The highest BCUT2D eigenvalue weighted by Crippen LogP contribution is 2.42. The minimum Gasteiger partial charge on any atom is -0.316 e. The molecule has 2 aliphatic rings. The average molecular weight is 491 g/mol. The molecule has 6 rings (SSSR count). The number of aryl methyl sites for hydroxylation is 2. The molecule has 37 heavy (non-hydrogen) atoms. The van der Waals surface area contributed by atoms with Gasteiger partial charge in [0.1, 0.15) is 12.6 Å². The molecule has 1 aromatic heterocycles. The van der Waals surface area contributed by atoms with Crippen molar-refractivity contribution in [2.24, 2.45) is 0 Å². The number of carbonyl (C=O) groups is 2. The zero-order valence-electron chi connectivity index (χ0n) is 21.1. The Morgan fingerprint density at radius 1 is 0.838 bits per heavy atom. The van der Waals surface area contributed by atoms with Gasteiger partial charge in [-0.25, -0.2) is 4.79 Å². The lowest BCUT2D eigenvalue weighted by atomic mass is 9.97. The second-order valence-electron chi connectivity index (χ2n) is 9.92. The number of aromatic nitrogens is 1. The topological polar surface area (TPSA) is 57.6 Å². The van der Waals surface area contributed by atoms with E-state index in [1.165, 1.54) is 0 Å². The van der Waals surface area contributed by atoms with Crippen LogP contribution in [0.15, 0.2) is 91.1 Å². The van der Waals surface area contributed by atoms with E-state index < -0.39 is 0 Å². The molecule has 1 saturated carbocycles. The van der Waals surface area contributed by atoms with E-state index in [1.54, 1.807) is 4.90 Å². The van der Waals surface area contributed by atoms with Crippen LogP contribution in [0.25, 0.3) is 5.69 Å². The minimum atomic E-state index is -0.290. The highest BCUT2D eigenvalue weighted by molar-refractivity contribution is 6.02. The van der Waals surface area contributed by atoms with Crippen LogP contribution in [0.3, 0.4) is 0 Å². The van der Waals surface area contributed by atoms with Gasteiger partial charge in [-0.3, -0.25) is 9.69 Å². The number of urea groups is 1. The Kier molecular flexibility index (Phi) is 5.80. The molecular formula is C31H30N4O2. The standard InChI is InChI=1S/C31H30N4O2/c1-21-10-8-11-22(2)29(21)32-31(37)34(24-17-18-24)20-28(36)35-26-15-7-6-14-25(26)33-19-9-16-27(33)30(35)23-12-4-3-5-13-23/h3-16,19,24,30H,17-18,20H2,1-2H3,(H,32,37). The van der Waals surface area contributed by atoms with Crippen molar-refractivity contribution in [3.05, 3.63) is 114 Å². The summed E-state index contributed by atoms with van der Waals surface area (Å²) < 4.78 is 2.16. The molecule has 3 amide bonds. The number of benzene rings is 3. The maximum absolute atomic E-state index is 14.2. The Morgan fingerprint density at radius 3 is 2.22 bits per heavy atom. The predicted molar refractivity (Wildman–Crippen MR) is 146 cm³/mol. The summed E-state index contributed by atoms with van der Waals surface area (Å²) in [6.45, 7) is 3.98. The van der Waals surface area contributed by atoms with Crippen LogP contribution in [-0.2, 0) is 4.79 Å². The highest BCUT2D eigenvalue weighted by atomic mass is 16.2. The molecule has 4 aromatic rings. The third kappa shape index (κ3) is 4.18. The average Bonchev–Trinajstić information content (AvgIpc) is 3.64. The van der Waals surface area contributed by atoms with E-state index in [1.807, 2.05) is 91.7 Å². The Bertz CT molecular complexity index is 1450. The molecule has 2 heterocycles. The molecule has 6 nitrogen and oxygen atoms in total. The van der Waals surface area contributed by atoms with Crippen LogP contribution in [0.2, 0.25) is 0 Å². The van der Waals surface area contributed by atoms with Crippen molar-refractivity contribution in [1.82, 2.24) is 9.47 Å². The smallest absolute Gasteiger partial charge is 0.316 e. The van der Waals surface area contributed by atoms with Crippen LogP contribution >= 0.6 is 0 Å². The molecule has 1 N–H and O–H groups in total. The third-order valence-corrected chi connectivity index (χ3v) is 7.37. The molecule has 0 spiro atoms. The zero-order valence-corrected chi connectivity index (χ0v) is 21.1. The molecule has 186 valence electrons. The summed E-state index contributed by atoms with van der Waals surface area (Å²) in [6.07, 6.45) is 3.87. The number of rotatable bonds is 5. The monoisotopic (exact) mass is 490 g/mol. The lowest BCUT2D eigenvalue weighted by Gasteiger charge is -2.39. The van der Waals surface area contributed by atoms with E-state index in [0.29, 0.717) is 0 Å². The number of anilines is 2. The van der Waals surface area contributed by atoms with Crippen molar-refractivity contribution >= 4 is 23.3 Å². The molecule has 1 atom stereocenters. The first-order chi connectivity index (χ1) is 18.0. The number of hydrogen-bond acceptors (Lipinski definition) is 2. The summed E-state index contributed by atoms with van der Waals surface area (Å²) >= 11 is 0. The molecule has 6 heteroatoms. The first kappa shape index (κ1) is 23.1. The number of hydrogen-bond donors (Lipinski definition) is 1. The minimum absolute atomic E-state index is 0.0137. The van der Waals surface area contributed by atoms with Gasteiger partial charge in [-0.2, -0.15) is 0 Å². The van der Waals surface area contributed by atoms with Crippen molar-refractivity contribution in [1.29, 1.82) is 0 Å². The number of nitrogens with one attached hydrogen (secondary N) is 1. The molecule has 1 aliphatic heterocycles. The van der Waals surface area contributed by atoms with Crippen molar-refractivity contribution in [3.8, 4) is 5.69 Å². The molecular weight excluding hydrogens is 460 g/mol. The van der Waals surface area contributed by atoms with Gasteiger partial charge >= 0.3 is 6.03 Å². The predicted octanol–water partition coefficient (Wildman–Crippen LogP) is 6.23. The summed E-state index contributed by atoms with van der Waals surface area (Å²) in [5, 5.41) is 3.09. The van der Waals surface area contributed by atoms with Gasteiger partial charge in [0.15, 0.2) is 0 Å². The Morgan fingerprint density at radius 2 is 1.51 bits per heavy atom. The van der Waals surface area contributed by atoms with Crippen LogP contribution in [0.5, 0.6) is 0 Å². The fourth-order valence-electron chi connectivity index (χ4n) is 5.38.